The van der Waals surface area contributed by atoms with Crippen LogP contribution in [0.1, 0.15) is 83.6 Å². The highest BCUT2D eigenvalue weighted by molar-refractivity contribution is 7.13. The average Bonchev–Trinajstić information content (AvgIpc) is 3.54. The van der Waals surface area contributed by atoms with Gasteiger partial charge in [-0.05, 0) is 66.9 Å². The number of thiazole rings is 1. The van der Waals surface area contributed by atoms with Gasteiger partial charge in [0.1, 0.15) is 5.01 Å². The van der Waals surface area contributed by atoms with Gasteiger partial charge in [-0.1, -0.05) is 50.6 Å². The van der Waals surface area contributed by atoms with Crippen LogP contribution in [0.15, 0.2) is 47.0 Å². The summed E-state index contributed by atoms with van der Waals surface area (Å²) in [5.74, 6) is 0.446. The Hall–Kier alpha value is -1.57. The molecule has 5 aliphatic rings. The minimum atomic E-state index is -0.879. The summed E-state index contributed by atoms with van der Waals surface area (Å²) in [5.41, 5.74) is 4.23. The molecular formula is C32H41NO4S. The SMILES string of the molecule is CC1(C)COC2(CCC3=C4[C@@H](CC[C@@]3(O)C2)[C@@H]2CC[C@H](O)[C@@]2(C)C[C@@H]4c2ccc(-c3nccs3)cc2)OC1. The Kier molecular flexibility index (Phi) is 5.82. The van der Waals surface area contributed by atoms with Gasteiger partial charge in [0, 0.05) is 41.3 Å². The Morgan fingerprint density at radius 1 is 1.00 bits per heavy atom. The Balaban J connectivity index is 1.28. The fraction of sp³-hybridized carbons (Fsp3) is 0.656. The third kappa shape index (κ3) is 3.89. The summed E-state index contributed by atoms with van der Waals surface area (Å²) in [6, 6.07) is 8.93. The highest BCUT2D eigenvalue weighted by Crippen LogP contribution is 2.65. The summed E-state index contributed by atoms with van der Waals surface area (Å²) < 4.78 is 12.8. The van der Waals surface area contributed by atoms with Crippen LogP contribution in [0.4, 0.5) is 0 Å². The lowest BCUT2D eigenvalue weighted by molar-refractivity contribution is -0.322. The number of benzene rings is 1. The van der Waals surface area contributed by atoms with Gasteiger partial charge in [0.05, 0.1) is 24.9 Å². The Bertz CT molecular complexity index is 1230. The van der Waals surface area contributed by atoms with Crippen molar-refractivity contribution in [1.29, 1.82) is 0 Å². The van der Waals surface area contributed by atoms with Crippen LogP contribution < -0.4 is 0 Å². The van der Waals surface area contributed by atoms with Crippen molar-refractivity contribution >= 4 is 11.3 Å². The molecule has 1 saturated heterocycles. The fourth-order valence-electron chi connectivity index (χ4n) is 8.75. The predicted octanol–water partition coefficient (Wildman–Crippen LogP) is 6.47. The lowest BCUT2D eigenvalue weighted by atomic mass is 9.51. The lowest BCUT2D eigenvalue weighted by Crippen LogP contribution is -2.57. The molecule has 2 aromatic rings. The van der Waals surface area contributed by atoms with Gasteiger partial charge in [0.2, 0.25) is 0 Å². The third-order valence-corrected chi connectivity index (χ3v) is 11.6. The normalized spacial score (nSPS) is 39.5. The summed E-state index contributed by atoms with van der Waals surface area (Å²) in [7, 11) is 0. The highest BCUT2D eigenvalue weighted by Gasteiger charge is 2.60. The van der Waals surface area contributed by atoms with E-state index in [1.165, 1.54) is 16.7 Å². The summed E-state index contributed by atoms with van der Waals surface area (Å²) in [4.78, 5) is 4.49. The zero-order valence-corrected chi connectivity index (χ0v) is 23.7. The number of hydrogen-bond acceptors (Lipinski definition) is 6. The van der Waals surface area contributed by atoms with E-state index in [4.69, 9.17) is 9.47 Å². The molecule has 0 amide bonds. The molecule has 2 N–H and O–H groups in total. The summed E-state index contributed by atoms with van der Waals surface area (Å²) in [5, 5.41) is 26.5. The van der Waals surface area contributed by atoms with E-state index in [0.717, 1.165) is 55.5 Å². The highest BCUT2D eigenvalue weighted by atomic mass is 32.1. The van der Waals surface area contributed by atoms with E-state index in [0.29, 0.717) is 31.5 Å². The van der Waals surface area contributed by atoms with Crippen molar-refractivity contribution < 1.29 is 19.7 Å². The number of aliphatic hydroxyl groups is 2. The second kappa shape index (κ2) is 8.71. The van der Waals surface area contributed by atoms with Crippen LogP contribution in [-0.2, 0) is 9.47 Å². The van der Waals surface area contributed by atoms with E-state index in [9.17, 15) is 10.2 Å². The molecule has 1 spiro atoms. The molecule has 0 radical (unpaired) electrons. The minimum Gasteiger partial charge on any atom is -0.393 e. The van der Waals surface area contributed by atoms with Crippen molar-refractivity contribution in [2.75, 3.05) is 13.2 Å². The van der Waals surface area contributed by atoms with Crippen LogP contribution in [-0.4, -0.2) is 45.9 Å². The van der Waals surface area contributed by atoms with E-state index in [1.807, 2.05) is 11.6 Å². The first-order chi connectivity index (χ1) is 18.1. The summed E-state index contributed by atoms with van der Waals surface area (Å²) in [6.07, 6.45) is 8.39. The van der Waals surface area contributed by atoms with Crippen LogP contribution in [0, 0.1) is 22.7 Å². The first kappa shape index (κ1) is 25.4. The van der Waals surface area contributed by atoms with E-state index in [-0.39, 0.29) is 22.9 Å². The zero-order chi connectivity index (χ0) is 26.3. The van der Waals surface area contributed by atoms with E-state index >= 15 is 0 Å². The van der Waals surface area contributed by atoms with Gasteiger partial charge in [-0.3, -0.25) is 0 Å². The smallest absolute Gasteiger partial charge is 0.171 e. The second-order valence-corrected chi connectivity index (χ2v) is 14.8. The average molecular weight is 536 g/mol. The van der Waals surface area contributed by atoms with Crippen molar-refractivity contribution in [2.45, 2.75) is 95.5 Å². The van der Waals surface area contributed by atoms with Gasteiger partial charge in [-0.2, -0.15) is 0 Å². The first-order valence-corrected chi connectivity index (χ1v) is 15.4. The minimum absolute atomic E-state index is 0.0112. The maximum atomic E-state index is 12.3. The van der Waals surface area contributed by atoms with Gasteiger partial charge in [-0.15, -0.1) is 11.3 Å². The standard InChI is InChI=1S/C32H41NO4S/c1-29(2)18-36-32(37-19-29)13-11-25-27-22(10-12-31(25,35)17-32)24-8-9-26(34)30(24,3)16-23(27)20-4-6-21(7-5-20)28-33-14-15-38-28/h4-7,14-15,22-24,26,34-35H,8-13,16-19H2,1-3H3/t22-,23+,24-,26-,30-,31+/m0/s1. The molecule has 0 bridgehead atoms. The molecule has 5 nitrogen and oxygen atoms in total. The molecule has 3 saturated carbocycles. The number of nitrogens with zero attached hydrogens (tertiary/aromatic N) is 1. The second-order valence-electron chi connectivity index (χ2n) is 13.9. The van der Waals surface area contributed by atoms with Crippen LogP contribution >= 0.6 is 11.3 Å². The van der Waals surface area contributed by atoms with Gasteiger partial charge in [0.15, 0.2) is 5.79 Å². The predicted molar refractivity (Wildman–Crippen MR) is 149 cm³/mol. The quantitative estimate of drug-likeness (QED) is 0.432. The number of rotatable bonds is 2. The van der Waals surface area contributed by atoms with Crippen LogP contribution in [0.3, 0.4) is 0 Å². The third-order valence-electron chi connectivity index (χ3n) is 10.8. The summed E-state index contributed by atoms with van der Waals surface area (Å²) >= 11 is 1.66. The molecule has 0 unspecified atom stereocenters. The van der Waals surface area contributed by atoms with Crippen molar-refractivity contribution in [3.05, 3.63) is 52.6 Å². The zero-order valence-electron chi connectivity index (χ0n) is 22.9. The molecule has 2 heterocycles. The largest absolute Gasteiger partial charge is 0.393 e. The molecule has 4 aliphatic carbocycles. The van der Waals surface area contributed by atoms with Gasteiger partial charge in [0.25, 0.3) is 0 Å². The van der Waals surface area contributed by atoms with Crippen molar-refractivity contribution in [2.24, 2.45) is 22.7 Å². The molecule has 6 atom stereocenters. The molecular weight excluding hydrogens is 494 g/mol. The maximum Gasteiger partial charge on any atom is 0.171 e. The Morgan fingerprint density at radius 2 is 1.76 bits per heavy atom. The number of allylic oxidation sites excluding steroid dienone is 1. The number of aliphatic hydroxyl groups excluding tert-OH is 1. The molecule has 204 valence electrons. The molecule has 1 aromatic heterocycles. The monoisotopic (exact) mass is 535 g/mol. The van der Waals surface area contributed by atoms with E-state index in [1.54, 1.807) is 11.3 Å². The topological polar surface area (TPSA) is 71.8 Å². The van der Waals surface area contributed by atoms with Crippen LogP contribution in [0.2, 0.25) is 0 Å². The molecule has 38 heavy (non-hydrogen) atoms. The van der Waals surface area contributed by atoms with Crippen molar-refractivity contribution in [3.63, 3.8) is 0 Å². The molecule has 7 rings (SSSR count). The van der Waals surface area contributed by atoms with Gasteiger partial charge < -0.3 is 19.7 Å². The fourth-order valence-corrected chi connectivity index (χ4v) is 9.39. The lowest BCUT2D eigenvalue weighted by Gasteiger charge is -2.57. The molecule has 6 heteroatoms. The molecule has 1 aliphatic heterocycles. The number of aromatic nitrogens is 1. The number of ether oxygens (including phenoxy) is 2. The van der Waals surface area contributed by atoms with E-state index < -0.39 is 11.4 Å². The number of hydrogen-bond donors (Lipinski definition) is 2. The van der Waals surface area contributed by atoms with Crippen molar-refractivity contribution in [3.8, 4) is 10.6 Å². The van der Waals surface area contributed by atoms with Gasteiger partial charge in [-0.25, -0.2) is 4.98 Å². The van der Waals surface area contributed by atoms with Crippen molar-refractivity contribution in [1.82, 2.24) is 4.98 Å². The molecule has 1 aromatic carbocycles. The first-order valence-electron chi connectivity index (χ1n) is 14.5. The van der Waals surface area contributed by atoms with Crippen LogP contribution in [0.5, 0.6) is 0 Å². The van der Waals surface area contributed by atoms with E-state index in [2.05, 4.69) is 50.0 Å². The Labute approximate surface area is 230 Å². The number of fused-ring (bicyclic) bond motifs is 4. The van der Waals surface area contributed by atoms with Crippen LogP contribution in [0.25, 0.3) is 10.6 Å². The van der Waals surface area contributed by atoms with Gasteiger partial charge >= 0.3 is 0 Å². The Morgan fingerprint density at radius 3 is 2.47 bits per heavy atom. The maximum absolute atomic E-state index is 12.3. The molecule has 4 fully saturated rings. The summed E-state index contributed by atoms with van der Waals surface area (Å²) in [6.45, 7) is 8.02.